The minimum atomic E-state index is 0.0841. The Bertz CT molecular complexity index is 246. The monoisotopic (exact) mass is 198 g/mol. The number of rotatable bonds is 4. The maximum absolute atomic E-state index is 5.93. The van der Waals surface area contributed by atoms with Gasteiger partial charge in [0, 0.05) is 11.1 Å². The maximum atomic E-state index is 5.93. The van der Waals surface area contributed by atoms with Crippen molar-refractivity contribution >= 4 is 11.6 Å². The molecule has 0 radical (unpaired) electrons. The van der Waals surface area contributed by atoms with Crippen molar-refractivity contribution in [2.24, 2.45) is 11.5 Å². The summed E-state index contributed by atoms with van der Waals surface area (Å²) < 4.78 is 0. The van der Waals surface area contributed by atoms with Crippen LogP contribution in [0.3, 0.4) is 0 Å². The first-order valence-corrected chi connectivity index (χ1v) is 4.83. The van der Waals surface area contributed by atoms with Crippen LogP contribution in [0.4, 0.5) is 0 Å². The second-order valence-corrected chi connectivity index (χ2v) is 3.53. The number of hydrogen-bond donors (Lipinski definition) is 2. The van der Waals surface area contributed by atoms with Crippen LogP contribution in [-0.4, -0.2) is 6.54 Å². The van der Waals surface area contributed by atoms with Gasteiger partial charge < -0.3 is 11.5 Å². The highest BCUT2D eigenvalue weighted by atomic mass is 35.5. The van der Waals surface area contributed by atoms with Gasteiger partial charge in [0.05, 0.1) is 0 Å². The topological polar surface area (TPSA) is 52.0 Å². The van der Waals surface area contributed by atoms with Crippen molar-refractivity contribution < 1.29 is 0 Å². The second kappa shape index (κ2) is 5.22. The summed E-state index contributed by atoms with van der Waals surface area (Å²) in [4.78, 5) is 0. The molecule has 0 heterocycles. The standard InChI is InChI=1S/C10H15ClN2/c11-9-5-3-8(4-6-9)10(13)2-1-7-12/h3-6,10H,1-2,7,12-13H2/t10-/m1/s1. The van der Waals surface area contributed by atoms with Crippen molar-refractivity contribution in [3.05, 3.63) is 34.9 Å². The molecule has 0 aliphatic rings. The number of nitrogens with two attached hydrogens (primary N) is 2. The quantitative estimate of drug-likeness (QED) is 0.779. The van der Waals surface area contributed by atoms with Crippen LogP contribution in [0.2, 0.25) is 5.02 Å². The van der Waals surface area contributed by atoms with Gasteiger partial charge in [0.15, 0.2) is 0 Å². The molecule has 3 heteroatoms. The van der Waals surface area contributed by atoms with Crippen LogP contribution in [-0.2, 0) is 0 Å². The highest BCUT2D eigenvalue weighted by Crippen LogP contribution is 2.17. The highest BCUT2D eigenvalue weighted by Gasteiger charge is 2.04. The van der Waals surface area contributed by atoms with Gasteiger partial charge in [-0.05, 0) is 37.1 Å². The van der Waals surface area contributed by atoms with Gasteiger partial charge in [0.1, 0.15) is 0 Å². The molecule has 1 aromatic rings. The van der Waals surface area contributed by atoms with Gasteiger partial charge in [-0.3, -0.25) is 0 Å². The van der Waals surface area contributed by atoms with Crippen molar-refractivity contribution in [3.63, 3.8) is 0 Å². The average molecular weight is 199 g/mol. The zero-order chi connectivity index (χ0) is 9.68. The first-order valence-electron chi connectivity index (χ1n) is 4.45. The third-order valence-electron chi connectivity index (χ3n) is 2.02. The van der Waals surface area contributed by atoms with Gasteiger partial charge in [0.2, 0.25) is 0 Å². The summed E-state index contributed by atoms with van der Waals surface area (Å²) in [6.45, 7) is 0.696. The van der Waals surface area contributed by atoms with E-state index in [0.29, 0.717) is 6.54 Å². The third kappa shape index (κ3) is 3.35. The third-order valence-corrected chi connectivity index (χ3v) is 2.27. The molecule has 0 fully saturated rings. The fourth-order valence-electron chi connectivity index (χ4n) is 1.21. The lowest BCUT2D eigenvalue weighted by Crippen LogP contribution is -2.12. The molecule has 4 N–H and O–H groups in total. The molecule has 1 aromatic carbocycles. The Kier molecular flexibility index (Phi) is 4.22. The van der Waals surface area contributed by atoms with Gasteiger partial charge in [-0.15, -0.1) is 0 Å². The van der Waals surface area contributed by atoms with E-state index in [1.54, 1.807) is 0 Å². The molecule has 0 spiro atoms. The molecule has 0 bridgehead atoms. The van der Waals surface area contributed by atoms with E-state index in [-0.39, 0.29) is 6.04 Å². The predicted molar refractivity (Wildman–Crippen MR) is 56.7 cm³/mol. The Morgan fingerprint density at radius 1 is 1.23 bits per heavy atom. The molecule has 0 saturated heterocycles. The Hall–Kier alpha value is -0.570. The molecule has 1 atom stereocenters. The Balaban J connectivity index is 2.55. The van der Waals surface area contributed by atoms with Crippen LogP contribution in [0.1, 0.15) is 24.4 Å². The largest absolute Gasteiger partial charge is 0.330 e. The molecule has 0 aliphatic carbocycles. The summed E-state index contributed by atoms with van der Waals surface area (Å²) in [5.41, 5.74) is 12.5. The molecule has 0 saturated carbocycles. The minimum Gasteiger partial charge on any atom is -0.330 e. The van der Waals surface area contributed by atoms with Crippen LogP contribution >= 0.6 is 11.6 Å². The number of hydrogen-bond acceptors (Lipinski definition) is 2. The molecule has 1 rings (SSSR count). The summed E-state index contributed by atoms with van der Waals surface area (Å²) >= 11 is 5.76. The Labute approximate surface area is 83.9 Å². The van der Waals surface area contributed by atoms with E-state index in [0.717, 1.165) is 23.4 Å². The van der Waals surface area contributed by atoms with Gasteiger partial charge in [0.25, 0.3) is 0 Å². The van der Waals surface area contributed by atoms with E-state index in [1.165, 1.54) is 0 Å². The average Bonchev–Trinajstić information content (AvgIpc) is 2.15. The van der Waals surface area contributed by atoms with Gasteiger partial charge >= 0.3 is 0 Å². The fraction of sp³-hybridized carbons (Fsp3) is 0.400. The van der Waals surface area contributed by atoms with Crippen molar-refractivity contribution in [1.82, 2.24) is 0 Å². The first-order chi connectivity index (χ1) is 6.24. The molecular formula is C10H15ClN2. The highest BCUT2D eigenvalue weighted by molar-refractivity contribution is 6.30. The summed E-state index contributed by atoms with van der Waals surface area (Å²) in [5, 5.41) is 0.745. The van der Waals surface area contributed by atoms with Crippen LogP contribution in [0.15, 0.2) is 24.3 Å². The lowest BCUT2D eigenvalue weighted by atomic mass is 10.0. The molecule has 0 aliphatic heterocycles. The lowest BCUT2D eigenvalue weighted by Gasteiger charge is -2.10. The van der Waals surface area contributed by atoms with Crippen LogP contribution in [0, 0.1) is 0 Å². The Morgan fingerprint density at radius 3 is 2.38 bits per heavy atom. The lowest BCUT2D eigenvalue weighted by molar-refractivity contribution is 0.618. The number of halogens is 1. The smallest absolute Gasteiger partial charge is 0.0406 e. The van der Waals surface area contributed by atoms with E-state index >= 15 is 0 Å². The summed E-state index contributed by atoms with van der Waals surface area (Å²) in [6, 6.07) is 7.73. The zero-order valence-corrected chi connectivity index (χ0v) is 8.30. The molecule has 0 aromatic heterocycles. The van der Waals surface area contributed by atoms with E-state index < -0.39 is 0 Å². The van der Waals surface area contributed by atoms with Crippen LogP contribution < -0.4 is 11.5 Å². The van der Waals surface area contributed by atoms with Crippen LogP contribution in [0.5, 0.6) is 0 Å². The molecule has 0 amide bonds. The summed E-state index contributed by atoms with van der Waals surface area (Å²) in [5.74, 6) is 0. The van der Waals surface area contributed by atoms with Gasteiger partial charge in [-0.1, -0.05) is 23.7 Å². The van der Waals surface area contributed by atoms with E-state index in [1.807, 2.05) is 24.3 Å². The maximum Gasteiger partial charge on any atom is 0.0406 e. The van der Waals surface area contributed by atoms with E-state index in [2.05, 4.69) is 0 Å². The second-order valence-electron chi connectivity index (χ2n) is 3.09. The SMILES string of the molecule is NCCC[C@@H](N)c1ccc(Cl)cc1. The summed E-state index contributed by atoms with van der Waals surface area (Å²) in [7, 11) is 0. The Morgan fingerprint density at radius 2 is 1.85 bits per heavy atom. The molecular weight excluding hydrogens is 184 g/mol. The molecule has 0 unspecified atom stereocenters. The molecule has 72 valence electrons. The number of benzene rings is 1. The van der Waals surface area contributed by atoms with Crippen molar-refractivity contribution in [2.45, 2.75) is 18.9 Å². The van der Waals surface area contributed by atoms with Crippen LogP contribution in [0.25, 0.3) is 0 Å². The fourth-order valence-corrected chi connectivity index (χ4v) is 1.34. The first kappa shape index (κ1) is 10.5. The van der Waals surface area contributed by atoms with Crippen molar-refractivity contribution in [3.8, 4) is 0 Å². The zero-order valence-electron chi connectivity index (χ0n) is 7.54. The predicted octanol–water partition coefficient (Wildman–Crippen LogP) is 2.08. The van der Waals surface area contributed by atoms with E-state index in [4.69, 9.17) is 23.1 Å². The van der Waals surface area contributed by atoms with Crippen molar-refractivity contribution in [2.75, 3.05) is 6.54 Å². The van der Waals surface area contributed by atoms with Gasteiger partial charge in [-0.25, -0.2) is 0 Å². The van der Waals surface area contributed by atoms with Gasteiger partial charge in [-0.2, -0.15) is 0 Å². The summed E-state index contributed by atoms with van der Waals surface area (Å²) in [6.07, 6.45) is 1.89. The van der Waals surface area contributed by atoms with E-state index in [9.17, 15) is 0 Å². The normalized spacial score (nSPS) is 12.8. The minimum absolute atomic E-state index is 0.0841. The molecule has 2 nitrogen and oxygen atoms in total. The van der Waals surface area contributed by atoms with Crippen molar-refractivity contribution in [1.29, 1.82) is 0 Å². The molecule has 13 heavy (non-hydrogen) atoms.